The molecule has 14 heavy (non-hydrogen) atoms. The van der Waals surface area contributed by atoms with E-state index in [9.17, 15) is 0 Å². The molecule has 0 unspecified atom stereocenters. The highest BCUT2D eigenvalue weighted by Gasteiger charge is 2.03. The molecule has 0 saturated heterocycles. The van der Waals surface area contributed by atoms with Crippen molar-refractivity contribution in [2.75, 3.05) is 0 Å². The molecule has 0 aliphatic heterocycles. The lowest BCUT2D eigenvalue weighted by molar-refractivity contribution is 0.234. The third-order valence-corrected chi connectivity index (χ3v) is 2.15. The van der Waals surface area contributed by atoms with Crippen LogP contribution in [0.2, 0.25) is 0 Å². The molecular formula is C9H10N4O. The van der Waals surface area contributed by atoms with E-state index in [1.165, 1.54) is 0 Å². The van der Waals surface area contributed by atoms with Gasteiger partial charge in [0.25, 0.3) is 0 Å². The number of hydroxylamine groups is 1. The van der Waals surface area contributed by atoms with E-state index in [-0.39, 0.29) is 5.84 Å². The van der Waals surface area contributed by atoms with Gasteiger partial charge in [-0.3, -0.25) is 20.8 Å². The van der Waals surface area contributed by atoms with Crippen LogP contribution < -0.4 is 5.48 Å². The largest absolute Gasteiger partial charge is 0.290 e. The highest BCUT2D eigenvalue weighted by molar-refractivity contribution is 5.98. The van der Waals surface area contributed by atoms with Crippen LogP contribution >= 0.6 is 0 Å². The molecule has 0 saturated carbocycles. The zero-order valence-electron chi connectivity index (χ0n) is 7.65. The lowest BCUT2D eigenvalue weighted by Crippen LogP contribution is -2.18. The maximum absolute atomic E-state index is 8.58. The van der Waals surface area contributed by atoms with Gasteiger partial charge in [0.15, 0.2) is 0 Å². The average Bonchev–Trinajstić information content (AvgIpc) is 2.59. The first-order valence-electron chi connectivity index (χ1n) is 4.13. The van der Waals surface area contributed by atoms with Crippen molar-refractivity contribution in [1.29, 1.82) is 5.41 Å². The van der Waals surface area contributed by atoms with Gasteiger partial charge < -0.3 is 0 Å². The maximum atomic E-state index is 8.58. The number of aryl methyl sites for hydroxylation is 1. The van der Waals surface area contributed by atoms with Crippen LogP contribution in [0.3, 0.4) is 0 Å². The lowest BCUT2D eigenvalue weighted by Gasteiger charge is -2.02. The van der Waals surface area contributed by atoms with Crippen molar-refractivity contribution in [2.24, 2.45) is 7.05 Å². The van der Waals surface area contributed by atoms with Crippen LogP contribution in [0.1, 0.15) is 5.56 Å². The lowest BCUT2D eigenvalue weighted by atomic mass is 10.1. The molecule has 0 spiro atoms. The van der Waals surface area contributed by atoms with Crippen molar-refractivity contribution < 1.29 is 5.21 Å². The predicted molar refractivity (Wildman–Crippen MR) is 52.5 cm³/mol. The van der Waals surface area contributed by atoms with Gasteiger partial charge in [0, 0.05) is 18.0 Å². The summed E-state index contributed by atoms with van der Waals surface area (Å²) in [4.78, 5) is 0. The van der Waals surface area contributed by atoms with Crippen LogP contribution in [0.25, 0.3) is 10.9 Å². The number of rotatable bonds is 1. The molecule has 5 nitrogen and oxygen atoms in total. The Hall–Kier alpha value is -1.88. The van der Waals surface area contributed by atoms with Crippen molar-refractivity contribution in [3.8, 4) is 0 Å². The predicted octanol–water partition coefficient (Wildman–Crippen LogP) is 0.877. The molecule has 0 amide bonds. The summed E-state index contributed by atoms with van der Waals surface area (Å²) in [7, 11) is 1.84. The molecule has 3 N–H and O–H groups in total. The van der Waals surface area contributed by atoms with Crippen LogP contribution in [-0.2, 0) is 7.05 Å². The standard InChI is InChI=1S/C9H10N4O/c1-13-8-4-6(9(10)12-14)2-3-7(8)5-11-13/h2-5,14H,1H3,(H2,10,12). The van der Waals surface area contributed by atoms with Gasteiger partial charge in [0.1, 0.15) is 5.84 Å². The smallest absolute Gasteiger partial charge is 0.149 e. The fourth-order valence-corrected chi connectivity index (χ4v) is 1.36. The number of nitrogens with zero attached hydrogens (tertiary/aromatic N) is 2. The molecule has 1 aromatic carbocycles. The molecule has 0 fully saturated rings. The second kappa shape index (κ2) is 3.12. The molecule has 1 heterocycles. The van der Waals surface area contributed by atoms with E-state index in [0.29, 0.717) is 5.56 Å². The SMILES string of the molecule is Cn1ncc2ccc(C(=N)NO)cc21. The van der Waals surface area contributed by atoms with E-state index >= 15 is 0 Å². The number of aromatic nitrogens is 2. The fraction of sp³-hybridized carbons (Fsp3) is 0.111. The van der Waals surface area contributed by atoms with Gasteiger partial charge >= 0.3 is 0 Å². The first kappa shape index (κ1) is 8.71. The van der Waals surface area contributed by atoms with Crippen LogP contribution in [-0.4, -0.2) is 20.8 Å². The van der Waals surface area contributed by atoms with Crippen LogP contribution in [0.4, 0.5) is 0 Å². The molecule has 2 aromatic rings. The summed E-state index contributed by atoms with van der Waals surface area (Å²) in [5, 5.41) is 21.1. The van der Waals surface area contributed by atoms with E-state index in [1.807, 2.05) is 18.6 Å². The van der Waals surface area contributed by atoms with E-state index in [2.05, 4.69) is 5.10 Å². The van der Waals surface area contributed by atoms with Crippen molar-refractivity contribution in [3.63, 3.8) is 0 Å². The van der Waals surface area contributed by atoms with Gasteiger partial charge in [-0.05, 0) is 6.07 Å². The van der Waals surface area contributed by atoms with Gasteiger partial charge in [-0.1, -0.05) is 12.1 Å². The number of amidine groups is 1. The Morgan fingerprint density at radius 2 is 2.36 bits per heavy atom. The first-order chi connectivity index (χ1) is 6.72. The van der Waals surface area contributed by atoms with Crippen molar-refractivity contribution in [3.05, 3.63) is 30.0 Å². The Labute approximate surface area is 80.4 Å². The minimum absolute atomic E-state index is 0.0203. The third-order valence-electron chi connectivity index (χ3n) is 2.15. The second-order valence-corrected chi connectivity index (χ2v) is 3.03. The van der Waals surface area contributed by atoms with Crippen molar-refractivity contribution >= 4 is 16.7 Å². The summed E-state index contributed by atoms with van der Waals surface area (Å²) in [6.45, 7) is 0. The maximum Gasteiger partial charge on any atom is 0.149 e. The Bertz CT molecular complexity index is 489. The Balaban J connectivity index is 2.60. The summed E-state index contributed by atoms with van der Waals surface area (Å²) in [6.07, 6.45) is 1.76. The third kappa shape index (κ3) is 1.23. The zero-order chi connectivity index (χ0) is 10.1. The van der Waals surface area contributed by atoms with Gasteiger partial charge in [-0.25, -0.2) is 0 Å². The van der Waals surface area contributed by atoms with Gasteiger partial charge in [-0.15, -0.1) is 0 Å². The molecule has 0 aliphatic carbocycles. The average molecular weight is 190 g/mol. The molecule has 1 aromatic heterocycles. The van der Waals surface area contributed by atoms with Crippen molar-refractivity contribution in [1.82, 2.24) is 15.3 Å². The van der Waals surface area contributed by atoms with Crippen LogP contribution in [0.5, 0.6) is 0 Å². The quantitative estimate of drug-likeness (QED) is 0.355. The Morgan fingerprint density at radius 1 is 1.57 bits per heavy atom. The summed E-state index contributed by atoms with van der Waals surface area (Å²) in [5.74, 6) is -0.0203. The first-order valence-corrected chi connectivity index (χ1v) is 4.13. The number of nitrogens with one attached hydrogen (secondary N) is 2. The fourth-order valence-electron chi connectivity index (χ4n) is 1.36. The van der Waals surface area contributed by atoms with E-state index in [1.54, 1.807) is 23.0 Å². The second-order valence-electron chi connectivity index (χ2n) is 3.03. The molecule has 0 radical (unpaired) electrons. The van der Waals surface area contributed by atoms with Crippen LogP contribution in [0.15, 0.2) is 24.4 Å². The van der Waals surface area contributed by atoms with Gasteiger partial charge in [0.05, 0.1) is 11.7 Å². The van der Waals surface area contributed by atoms with E-state index in [4.69, 9.17) is 10.6 Å². The Morgan fingerprint density at radius 3 is 3.07 bits per heavy atom. The normalized spacial score (nSPS) is 10.4. The summed E-state index contributed by atoms with van der Waals surface area (Å²) in [5.41, 5.74) is 3.37. The number of hydrogen-bond acceptors (Lipinski definition) is 3. The molecule has 0 atom stereocenters. The molecular weight excluding hydrogens is 180 g/mol. The van der Waals surface area contributed by atoms with Gasteiger partial charge in [0.2, 0.25) is 0 Å². The summed E-state index contributed by atoms with van der Waals surface area (Å²) < 4.78 is 1.73. The summed E-state index contributed by atoms with van der Waals surface area (Å²) in [6, 6.07) is 5.42. The molecule has 5 heteroatoms. The number of benzene rings is 1. The minimum atomic E-state index is -0.0203. The van der Waals surface area contributed by atoms with Crippen LogP contribution in [0, 0.1) is 5.41 Å². The zero-order valence-corrected chi connectivity index (χ0v) is 7.65. The molecule has 0 aliphatic rings. The molecule has 0 bridgehead atoms. The number of hydrogen-bond donors (Lipinski definition) is 3. The van der Waals surface area contributed by atoms with Gasteiger partial charge in [-0.2, -0.15) is 5.10 Å². The van der Waals surface area contributed by atoms with E-state index in [0.717, 1.165) is 10.9 Å². The van der Waals surface area contributed by atoms with E-state index < -0.39 is 0 Å². The highest BCUT2D eigenvalue weighted by atomic mass is 16.5. The minimum Gasteiger partial charge on any atom is -0.290 e. The number of fused-ring (bicyclic) bond motifs is 1. The monoisotopic (exact) mass is 190 g/mol. The molecule has 72 valence electrons. The van der Waals surface area contributed by atoms with Crippen molar-refractivity contribution in [2.45, 2.75) is 0 Å². The topological polar surface area (TPSA) is 73.9 Å². The summed E-state index contributed by atoms with van der Waals surface area (Å²) >= 11 is 0. The molecule has 2 rings (SSSR count). The highest BCUT2D eigenvalue weighted by Crippen LogP contribution is 2.14. The Kier molecular flexibility index (Phi) is 1.94.